The van der Waals surface area contributed by atoms with E-state index < -0.39 is 0 Å². The molecule has 1 fully saturated rings. The highest BCUT2D eigenvalue weighted by Crippen LogP contribution is 2.19. The fourth-order valence-corrected chi connectivity index (χ4v) is 2.83. The van der Waals surface area contributed by atoms with Crippen LogP contribution in [0, 0.1) is 0 Å². The maximum absolute atomic E-state index is 11.9. The normalized spacial score (nSPS) is 29.0. The molecule has 3 rings (SSSR count). The van der Waals surface area contributed by atoms with Crippen LogP contribution in [0.3, 0.4) is 0 Å². The van der Waals surface area contributed by atoms with Gasteiger partial charge in [-0.15, -0.1) is 0 Å². The Morgan fingerprint density at radius 2 is 2.35 bits per heavy atom. The number of amides is 1. The molecule has 0 spiro atoms. The summed E-state index contributed by atoms with van der Waals surface area (Å²) < 4.78 is 5.91. The number of carbonyl (C=O) groups is 1. The first-order valence-electron chi connectivity index (χ1n) is 8.15. The summed E-state index contributed by atoms with van der Waals surface area (Å²) >= 11 is 0. The number of dihydropyridines is 2. The molecule has 0 aromatic rings. The van der Waals surface area contributed by atoms with E-state index in [1.54, 1.807) is 13.1 Å². The Kier molecular flexibility index (Phi) is 4.93. The van der Waals surface area contributed by atoms with Gasteiger partial charge in [-0.25, -0.2) is 9.98 Å². The summed E-state index contributed by atoms with van der Waals surface area (Å²) in [5, 5.41) is 3.34. The quantitative estimate of drug-likeness (QED) is 0.854. The maximum atomic E-state index is 11.9. The molecule has 0 unspecified atom stereocenters. The van der Waals surface area contributed by atoms with E-state index in [0.717, 1.165) is 38.1 Å². The molecule has 1 amide bonds. The van der Waals surface area contributed by atoms with Crippen molar-refractivity contribution in [2.75, 3.05) is 19.7 Å². The number of allylic oxidation sites excluding steroid dienone is 2. The van der Waals surface area contributed by atoms with Gasteiger partial charge < -0.3 is 10.1 Å². The summed E-state index contributed by atoms with van der Waals surface area (Å²) in [6.45, 7) is 6.29. The van der Waals surface area contributed by atoms with Gasteiger partial charge in [0, 0.05) is 30.5 Å². The summed E-state index contributed by atoms with van der Waals surface area (Å²) in [6, 6.07) is 0.0408. The summed E-state index contributed by atoms with van der Waals surface area (Å²) in [7, 11) is 0. The van der Waals surface area contributed by atoms with Crippen LogP contribution in [0.25, 0.3) is 0 Å². The molecule has 0 aromatic carbocycles. The van der Waals surface area contributed by atoms with Gasteiger partial charge in [-0.3, -0.25) is 9.79 Å². The fraction of sp³-hybridized carbons (Fsp3) is 0.529. The van der Waals surface area contributed by atoms with Gasteiger partial charge in [0.2, 0.25) is 0 Å². The minimum absolute atomic E-state index is 0.0397. The number of fused-ring (bicyclic) bond motifs is 1. The molecule has 1 saturated heterocycles. The largest absolute Gasteiger partial charge is 0.375 e. The van der Waals surface area contributed by atoms with Crippen LogP contribution >= 0.6 is 0 Å². The van der Waals surface area contributed by atoms with E-state index in [-0.39, 0.29) is 18.1 Å². The van der Waals surface area contributed by atoms with Crippen LogP contribution in [0.2, 0.25) is 0 Å². The van der Waals surface area contributed by atoms with Crippen LogP contribution in [-0.2, 0) is 9.53 Å². The Balaban J connectivity index is 1.84. The third-order valence-electron chi connectivity index (χ3n) is 4.07. The van der Waals surface area contributed by atoms with Crippen molar-refractivity contribution in [3.8, 4) is 0 Å². The molecule has 6 nitrogen and oxygen atoms in total. The second kappa shape index (κ2) is 7.10. The average Bonchev–Trinajstić information content (AvgIpc) is 2.56. The van der Waals surface area contributed by atoms with Gasteiger partial charge in [-0.2, -0.15) is 0 Å². The smallest absolute Gasteiger partial charge is 0.273 e. The molecular formula is C17H22N4O2. The van der Waals surface area contributed by atoms with Crippen molar-refractivity contribution in [2.45, 2.75) is 38.8 Å². The molecule has 23 heavy (non-hydrogen) atoms. The molecule has 2 atom stereocenters. The predicted octanol–water partition coefficient (Wildman–Crippen LogP) is 1.48. The van der Waals surface area contributed by atoms with Crippen molar-refractivity contribution >= 4 is 23.7 Å². The Hall–Kier alpha value is -1.92. The number of amidine groups is 1. The number of carbonyl (C=O) groups excluding carboxylic acids is 1. The number of ether oxygens (including phenoxy) is 1. The number of aliphatic imine (C=N–C) groups is 3. The topological polar surface area (TPSA) is 75.4 Å². The number of rotatable bonds is 4. The molecule has 3 heterocycles. The first-order chi connectivity index (χ1) is 11.2. The second-order valence-corrected chi connectivity index (χ2v) is 5.92. The van der Waals surface area contributed by atoms with Crippen molar-refractivity contribution < 1.29 is 9.53 Å². The van der Waals surface area contributed by atoms with Crippen molar-refractivity contribution in [2.24, 2.45) is 15.0 Å². The summed E-state index contributed by atoms with van der Waals surface area (Å²) in [5.74, 6) is 0.322. The highest BCUT2D eigenvalue weighted by Gasteiger charge is 2.28. The molecule has 0 aromatic heterocycles. The van der Waals surface area contributed by atoms with E-state index in [1.165, 1.54) is 0 Å². The third kappa shape index (κ3) is 3.54. The number of nitrogens with one attached hydrogen (secondary N) is 1. The molecule has 0 radical (unpaired) electrons. The van der Waals surface area contributed by atoms with Gasteiger partial charge in [0.25, 0.3) is 5.91 Å². The van der Waals surface area contributed by atoms with Crippen molar-refractivity contribution in [1.29, 1.82) is 0 Å². The lowest BCUT2D eigenvalue weighted by Crippen LogP contribution is -2.45. The van der Waals surface area contributed by atoms with E-state index in [2.05, 4.69) is 22.2 Å². The Labute approximate surface area is 136 Å². The van der Waals surface area contributed by atoms with Crippen LogP contribution in [-0.4, -0.2) is 55.5 Å². The van der Waals surface area contributed by atoms with Crippen LogP contribution in [0.1, 0.15) is 26.7 Å². The van der Waals surface area contributed by atoms with E-state index in [4.69, 9.17) is 9.73 Å². The van der Waals surface area contributed by atoms with E-state index in [9.17, 15) is 4.79 Å². The zero-order valence-corrected chi connectivity index (χ0v) is 13.6. The zero-order chi connectivity index (χ0) is 16.2. The lowest BCUT2D eigenvalue weighted by atomic mass is 9.99. The molecule has 0 aliphatic carbocycles. The Bertz CT molecular complexity index is 643. The predicted molar refractivity (Wildman–Crippen MR) is 91.5 cm³/mol. The van der Waals surface area contributed by atoms with Crippen LogP contribution in [0.4, 0.5) is 0 Å². The van der Waals surface area contributed by atoms with Crippen LogP contribution in [0.5, 0.6) is 0 Å². The molecule has 1 N–H and O–H groups in total. The fourth-order valence-electron chi connectivity index (χ4n) is 2.83. The average molecular weight is 314 g/mol. The van der Waals surface area contributed by atoms with Crippen LogP contribution < -0.4 is 5.32 Å². The molecule has 3 aliphatic heterocycles. The molecule has 3 aliphatic rings. The lowest BCUT2D eigenvalue weighted by Gasteiger charge is -2.30. The minimum Gasteiger partial charge on any atom is -0.375 e. The second-order valence-electron chi connectivity index (χ2n) is 5.92. The highest BCUT2D eigenvalue weighted by atomic mass is 16.5. The third-order valence-corrected chi connectivity index (χ3v) is 4.07. The number of hydrogen-bond donors (Lipinski definition) is 1. The van der Waals surface area contributed by atoms with Crippen LogP contribution in [0.15, 0.2) is 38.3 Å². The molecular weight excluding hydrogens is 292 g/mol. The van der Waals surface area contributed by atoms with Gasteiger partial charge in [-0.05, 0) is 38.5 Å². The van der Waals surface area contributed by atoms with Gasteiger partial charge in [-0.1, -0.05) is 6.92 Å². The summed E-state index contributed by atoms with van der Waals surface area (Å²) in [4.78, 5) is 25.1. The molecule has 122 valence electrons. The summed E-state index contributed by atoms with van der Waals surface area (Å²) in [6.07, 6.45) is 7.34. The SMILES string of the molecule is CCCO[C@@H]1CNCC[C@H]1N=C1N=CC=C2C=C(C)C(=O)N=C21. The van der Waals surface area contributed by atoms with Gasteiger partial charge in [0.05, 0.1) is 12.1 Å². The zero-order valence-electron chi connectivity index (χ0n) is 13.6. The first kappa shape index (κ1) is 16.0. The first-order valence-corrected chi connectivity index (χ1v) is 8.15. The van der Waals surface area contributed by atoms with Crippen molar-refractivity contribution in [3.63, 3.8) is 0 Å². The number of nitrogens with zero attached hydrogens (tertiary/aromatic N) is 3. The maximum Gasteiger partial charge on any atom is 0.273 e. The number of piperidine rings is 1. The molecule has 0 bridgehead atoms. The van der Waals surface area contributed by atoms with Crippen molar-refractivity contribution in [3.05, 3.63) is 23.3 Å². The molecule has 0 saturated carbocycles. The van der Waals surface area contributed by atoms with Gasteiger partial charge >= 0.3 is 0 Å². The molecule has 6 heteroatoms. The van der Waals surface area contributed by atoms with Crippen molar-refractivity contribution in [1.82, 2.24) is 5.32 Å². The highest BCUT2D eigenvalue weighted by molar-refractivity contribution is 6.53. The standard InChI is InChI=1S/C17H22N4O2/c1-3-8-23-14-10-18-6-5-13(14)20-16-15-12(4-7-19-16)9-11(2)17(22)21-15/h4,7,9,13-14,18H,3,5-6,8,10H2,1-2H3/t13-,14-/m1/s1. The van der Waals surface area contributed by atoms with E-state index >= 15 is 0 Å². The lowest BCUT2D eigenvalue weighted by molar-refractivity contribution is -0.114. The minimum atomic E-state index is -0.217. The van der Waals surface area contributed by atoms with Gasteiger partial charge in [0.1, 0.15) is 5.71 Å². The van der Waals surface area contributed by atoms with E-state index in [1.807, 2.05) is 12.2 Å². The van der Waals surface area contributed by atoms with E-state index in [0.29, 0.717) is 17.1 Å². The number of hydrogen-bond acceptors (Lipinski definition) is 4. The monoisotopic (exact) mass is 314 g/mol. The van der Waals surface area contributed by atoms with Gasteiger partial charge in [0.15, 0.2) is 5.84 Å². The Morgan fingerprint density at radius 3 is 3.17 bits per heavy atom. The summed E-state index contributed by atoms with van der Waals surface area (Å²) in [5.41, 5.74) is 2.12. The Morgan fingerprint density at radius 1 is 1.48 bits per heavy atom.